The zero-order valence-corrected chi connectivity index (χ0v) is 18.9. The second kappa shape index (κ2) is 8.61. The van der Waals surface area contributed by atoms with Crippen molar-refractivity contribution in [3.8, 4) is 16.9 Å². The average molecular weight is 481 g/mol. The van der Waals surface area contributed by atoms with Gasteiger partial charge in [-0.1, -0.05) is 11.2 Å². The average Bonchev–Trinajstić information content (AvgIpc) is 3.06. The lowest BCUT2D eigenvalue weighted by molar-refractivity contribution is -0.114. The van der Waals surface area contributed by atoms with Crippen LogP contribution in [0.1, 0.15) is 12.6 Å². The number of carbonyl (C=O) groups is 1. The van der Waals surface area contributed by atoms with Crippen molar-refractivity contribution >= 4 is 37.5 Å². The molecule has 0 aliphatic heterocycles. The zero-order chi connectivity index (χ0) is 23.7. The van der Waals surface area contributed by atoms with Crippen molar-refractivity contribution < 1.29 is 30.9 Å². The van der Waals surface area contributed by atoms with Crippen molar-refractivity contribution in [1.82, 2.24) is 5.16 Å². The molecule has 1 aromatic heterocycles. The molecule has 170 valence electrons. The third-order valence-corrected chi connectivity index (χ3v) is 6.66. The van der Waals surface area contributed by atoms with Gasteiger partial charge in [0.1, 0.15) is 10.6 Å². The standard InChI is InChI=1S/C19H20N4O7S2/c1-11-18(19(30-22-11)21-12(2)24)13-4-9-16(29-3)17(10-13)32(27,28)23-14-5-7-15(8-6-14)31(20,25)26/h4-10,23H,1-3H3,(H,21,24)(H2,20,25,26). The van der Waals surface area contributed by atoms with Crippen molar-refractivity contribution in [3.05, 3.63) is 48.2 Å². The molecule has 1 heterocycles. The SMILES string of the molecule is COc1ccc(-c2c(C)noc2NC(C)=O)cc1S(=O)(=O)Nc1ccc(S(N)(=O)=O)cc1. The highest BCUT2D eigenvalue weighted by Crippen LogP contribution is 2.36. The molecule has 0 atom stereocenters. The molecule has 11 nitrogen and oxygen atoms in total. The summed E-state index contributed by atoms with van der Waals surface area (Å²) >= 11 is 0. The molecule has 3 aromatic rings. The van der Waals surface area contributed by atoms with Gasteiger partial charge in [0, 0.05) is 12.6 Å². The molecule has 13 heteroatoms. The lowest BCUT2D eigenvalue weighted by atomic mass is 10.1. The molecule has 0 aliphatic carbocycles. The third kappa shape index (κ3) is 4.90. The quantitative estimate of drug-likeness (QED) is 0.461. The fourth-order valence-electron chi connectivity index (χ4n) is 2.92. The first-order valence-electron chi connectivity index (χ1n) is 9.00. The fraction of sp³-hybridized carbons (Fsp3) is 0.158. The van der Waals surface area contributed by atoms with Crippen LogP contribution in [0.25, 0.3) is 11.1 Å². The van der Waals surface area contributed by atoms with Gasteiger partial charge in [-0.2, -0.15) is 0 Å². The van der Waals surface area contributed by atoms with E-state index in [0.717, 1.165) is 0 Å². The summed E-state index contributed by atoms with van der Waals surface area (Å²) in [6.07, 6.45) is 0. The first kappa shape index (κ1) is 23.2. The van der Waals surface area contributed by atoms with Gasteiger partial charge in [0.25, 0.3) is 10.0 Å². The summed E-state index contributed by atoms with van der Waals surface area (Å²) in [6.45, 7) is 2.95. The number of anilines is 2. The molecule has 0 aliphatic rings. The van der Waals surface area contributed by atoms with Gasteiger partial charge < -0.3 is 9.26 Å². The van der Waals surface area contributed by atoms with Crippen molar-refractivity contribution in [1.29, 1.82) is 0 Å². The number of primary sulfonamides is 1. The van der Waals surface area contributed by atoms with Crippen LogP contribution in [0.3, 0.4) is 0 Å². The van der Waals surface area contributed by atoms with Crippen LogP contribution < -0.4 is 19.9 Å². The molecule has 0 spiro atoms. The van der Waals surface area contributed by atoms with Crippen molar-refractivity contribution in [2.24, 2.45) is 5.14 Å². The van der Waals surface area contributed by atoms with E-state index in [4.69, 9.17) is 14.4 Å². The Kier molecular flexibility index (Phi) is 6.25. The zero-order valence-electron chi connectivity index (χ0n) is 17.2. The number of carbonyl (C=O) groups excluding carboxylic acids is 1. The van der Waals surface area contributed by atoms with Crippen molar-refractivity contribution in [2.45, 2.75) is 23.6 Å². The van der Waals surface area contributed by atoms with Gasteiger partial charge in [0.05, 0.1) is 23.3 Å². The number of aryl methyl sites for hydroxylation is 1. The van der Waals surface area contributed by atoms with E-state index in [1.807, 2.05) is 0 Å². The number of hydrogen-bond acceptors (Lipinski definition) is 8. The van der Waals surface area contributed by atoms with Crippen LogP contribution in [0.5, 0.6) is 5.75 Å². The van der Waals surface area contributed by atoms with E-state index >= 15 is 0 Å². The Balaban J connectivity index is 2.04. The number of nitrogens with two attached hydrogens (primary N) is 1. The monoisotopic (exact) mass is 480 g/mol. The van der Waals surface area contributed by atoms with Gasteiger partial charge in [-0.25, -0.2) is 22.0 Å². The van der Waals surface area contributed by atoms with Crippen LogP contribution in [-0.2, 0) is 24.8 Å². The van der Waals surface area contributed by atoms with Crippen LogP contribution >= 0.6 is 0 Å². The van der Waals surface area contributed by atoms with E-state index in [1.54, 1.807) is 13.0 Å². The highest BCUT2D eigenvalue weighted by molar-refractivity contribution is 7.92. The minimum Gasteiger partial charge on any atom is -0.495 e. The number of sulfonamides is 2. The summed E-state index contributed by atoms with van der Waals surface area (Å²) in [5.74, 6) is -0.235. The largest absolute Gasteiger partial charge is 0.495 e. The van der Waals surface area contributed by atoms with Gasteiger partial charge in [-0.15, -0.1) is 0 Å². The van der Waals surface area contributed by atoms with Gasteiger partial charge in [-0.05, 0) is 48.9 Å². The number of methoxy groups -OCH3 is 1. The lowest BCUT2D eigenvalue weighted by Gasteiger charge is -2.13. The Bertz CT molecular complexity index is 1380. The number of aromatic nitrogens is 1. The van der Waals surface area contributed by atoms with E-state index in [1.165, 1.54) is 50.4 Å². The molecule has 0 bridgehead atoms. The Hall–Kier alpha value is -3.42. The molecule has 32 heavy (non-hydrogen) atoms. The van der Waals surface area contributed by atoms with E-state index < -0.39 is 20.0 Å². The molecule has 2 aromatic carbocycles. The Labute approximate surface area is 184 Å². The Morgan fingerprint density at radius 1 is 1.09 bits per heavy atom. The summed E-state index contributed by atoms with van der Waals surface area (Å²) < 4.78 is 61.7. The van der Waals surface area contributed by atoms with Gasteiger partial charge in [-0.3, -0.25) is 14.8 Å². The normalized spacial score (nSPS) is 11.8. The first-order valence-corrected chi connectivity index (χ1v) is 12.0. The maximum absolute atomic E-state index is 13.1. The van der Waals surface area contributed by atoms with Crippen molar-refractivity contribution in [2.75, 3.05) is 17.1 Å². The van der Waals surface area contributed by atoms with E-state index in [9.17, 15) is 21.6 Å². The Morgan fingerprint density at radius 3 is 2.31 bits per heavy atom. The van der Waals surface area contributed by atoms with Crippen molar-refractivity contribution in [3.63, 3.8) is 0 Å². The molecule has 0 saturated carbocycles. The summed E-state index contributed by atoms with van der Waals surface area (Å²) in [5.41, 5.74) is 1.38. The summed E-state index contributed by atoms with van der Waals surface area (Å²) in [5, 5.41) is 11.4. The maximum atomic E-state index is 13.1. The number of hydrogen-bond donors (Lipinski definition) is 3. The van der Waals surface area contributed by atoms with Crippen LogP contribution in [0.15, 0.2) is 56.8 Å². The molecule has 1 amide bonds. The third-order valence-electron chi connectivity index (χ3n) is 4.33. The topological polar surface area (TPSA) is 171 Å². The number of nitrogens with zero attached hydrogens (tertiary/aromatic N) is 1. The van der Waals surface area contributed by atoms with Gasteiger partial charge in [0.15, 0.2) is 0 Å². The predicted octanol–water partition coefficient (Wildman–Crippen LogP) is 2.07. The first-order chi connectivity index (χ1) is 14.9. The highest BCUT2D eigenvalue weighted by atomic mass is 32.2. The smallest absolute Gasteiger partial charge is 0.265 e. The second-order valence-corrected chi connectivity index (χ2v) is 9.91. The number of amides is 1. The fourth-order valence-corrected chi connectivity index (χ4v) is 4.69. The predicted molar refractivity (Wildman–Crippen MR) is 116 cm³/mol. The summed E-state index contributed by atoms with van der Waals surface area (Å²) in [7, 11) is -6.75. The summed E-state index contributed by atoms with van der Waals surface area (Å²) in [4.78, 5) is 11.1. The minimum atomic E-state index is -4.16. The number of benzene rings is 2. The van der Waals surface area contributed by atoms with Crippen LogP contribution in [0.4, 0.5) is 11.6 Å². The molecule has 3 rings (SSSR count). The molecule has 0 fully saturated rings. The van der Waals surface area contributed by atoms with Gasteiger partial charge >= 0.3 is 0 Å². The van der Waals surface area contributed by atoms with Crippen LogP contribution in [0, 0.1) is 6.92 Å². The molecule has 0 saturated heterocycles. The van der Waals surface area contributed by atoms with Gasteiger partial charge in [0.2, 0.25) is 21.8 Å². The molecule has 0 radical (unpaired) electrons. The van der Waals surface area contributed by atoms with E-state index in [-0.39, 0.29) is 33.0 Å². The Morgan fingerprint density at radius 2 is 1.75 bits per heavy atom. The number of rotatable bonds is 7. The van der Waals surface area contributed by atoms with E-state index in [0.29, 0.717) is 16.8 Å². The number of ether oxygens (including phenoxy) is 1. The van der Waals surface area contributed by atoms with Crippen LogP contribution in [-0.4, -0.2) is 35.0 Å². The molecular weight excluding hydrogens is 460 g/mol. The van der Waals surface area contributed by atoms with E-state index in [2.05, 4.69) is 15.2 Å². The number of nitrogens with one attached hydrogen (secondary N) is 2. The molecule has 4 N–H and O–H groups in total. The molecule has 0 unspecified atom stereocenters. The van der Waals surface area contributed by atoms with Crippen LogP contribution in [0.2, 0.25) is 0 Å². The minimum absolute atomic E-state index is 0.0672. The molecular formula is C19H20N4O7S2. The second-order valence-electron chi connectivity index (χ2n) is 6.69. The highest BCUT2D eigenvalue weighted by Gasteiger charge is 2.24. The lowest BCUT2D eigenvalue weighted by Crippen LogP contribution is -2.15. The summed E-state index contributed by atoms with van der Waals surface area (Å²) in [6, 6.07) is 9.31. The maximum Gasteiger partial charge on any atom is 0.265 e.